The van der Waals surface area contributed by atoms with Crippen molar-refractivity contribution in [3.8, 4) is 0 Å². The molecule has 1 aromatic rings. The van der Waals surface area contributed by atoms with Crippen molar-refractivity contribution in [1.82, 2.24) is 10.2 Å². The molecule has 0 bridgehead atoms. The van der Waals surface area contributed by atoms with E-state index in [9.17, 15) is 9.59 Å². The molecule has 0 aliphatic carbocycles. The van der Waals surface area contributed by atoms with Crippen molar-refractivity contribution in [3.05, 3.63) is 35.9 Å². The lowest BCUT2D eigenvalue weighted by Gasteiger charge is -2.23. The van der Waals surface area contributed by atoms with Crippen molar-refractivity contribution >= 4 is 11.9 Å². The van der Waals surface area contributed by atoms with Gasteiger partial charge < -0.3 is 10.2 Å². The fourth-order valence-electron chi connectivity index (χ4n) is 2.91. The number of benzene rings is 1. The monoisotopic (exact) mass is 318 g/mol. The van der Waals surface area contributed by atoms with Gasteiger partial charge in [0.2, 0.25) is 0 Å². The second kappa shape index (κ2) is 7.13. The maximum absolute atomic E-state index is 12.7. The van der Waals surface area contributed by atoms with Crippen LogP contribution in [-0.4, -0.2) is 36.1 Å². The van der Waals surface area contributed by atoms with Crippen LogP contribution >= 0.6 is 0 Å². The highest BCUT2D eigenvalue weighted by molar-refractivity contribution is 6.06. The minimum absolute atomic E-state index is 0.101. The van der Waals surface area contributed by atoms with Crippen LogP contribution in [0.2, 0.25) is 0 Å². The molecule has 3 amide bonds. The lowest BCUT2D eigenvalue weighted by Crippen LogP contribution is -3.09. The van der Waals surface area contributed by atoms with Crippen molar-refractivity contribution in [2.45, 2.75) is 45.7 Å². The Balaban J connectivity index is 1.97. The van der Waals surface area contributed by atoms with E-state index in [1.807, 2.05) is 32.2 Å². The van der Waals surface area contributed by atoms with Gasteiger partial charge in [-0.05, 0) is 25.7 Å². The number of carbonyl (C=O) groups is 2. The maximum atomic E-state index is 12.7. The third-order valence-electron chi connectivity index (χ3n) is 4.34. The van der Waals surface area contributed by atoms with Crippen LogP contribution in [0.15, 0.2) is 30.3 Å². The minimum atomic E-state index is -0.756. The molecule has 1 aliphatic heterocycles. The van der Waals surface area contributed by atoms with E-state index in [-0.39, 0.29) is 11.9 Å². The molecular formula is C18H28N3O2+. The molecule has 23 heavy (non-hydrogen) atoms. The smallest absolute Gasteiger partial charge is 0.323 e. The van der Waals surface area contributed by atoms with E-state index in [2.05, 4.69) is 31.3 Å². The molecule has 0 radical (unpaired) electrons. The van der Waals surface area contributed by atoms with E-state index >= 15 is 0 Å². The van der Waals surface area contributed by atoms with Gasteiger partial charge in [-0.1, -0.05) is 44.2 Å². The Labute approximate surface area is 138 Å². The lowest BCUT2D eigenvalue weighted by molar-refractivity contribution is -0.901. The Morgan fingerprint density at radius 1 is 1.22 bits per heavy atom. The molecule has 2 N–H and O–H groups in total. The van der Waals surface area contributed by atoms with Crippen LogP contribution in [0.5, 0.6) is 0 Å². The first-order valence-electron chi connectivity index (χ1n) is 8.31. The minimum Gasteiger partial charge on any atom is -0.323 e. The third-order valence-corrected chi connectivity index (χ3v) is 4.34. The molecule has 126 valence electrons. The van der Waals surface area contributed by atoms with Crippen molar-refractivity contribution < 1.29 is 14.5 Å². The highest BCUT2D eigenvalue weighted by Gasteiger charge is 2.48. The van der Waals surface area contributed by atoms with Gasteiger partial charge in [0, 0.05) is 5.56 Å². The average Bonchev–Trinajstić information content (AvgIpc) is 2.70. The lowest BCUT2D eigenvalue weighted by atomic mass is 9.92. The van der Waals surface area contributed by atoms with E-state index in [0.29, 0.717) is 19.0 Å². The summed E-state index contributed by atoms with van der Waals surface area (Å²) in [5.74, 6) is 0.410. The van der Waals surface area contributed by atoms with Gasteiger partial charge >= 0.3 is 6.03 Å². The van der Waals surface area contributed by atoms with Crippen molar-refractivity contribution in [2.24, 2.45) is 5.92 Å². The second-order valence-corrected chi connectivity index (χ2v) is 7.21. The molecule has 1 aromatic carbocycles. The molecule has 0 spiro atoms. The number of quaternary nitrogens is 1. The van der Waals surface area contributed by atoms with Gasteiger partial charge in [0.1, 0.15) is 12.1 Å². The first kappa shape index (κ1) is 17.5. The quantitative estimate of drug-likeness (QED) is 0.747. The van der Waals surface area contributed by atoms with Crippen LogP contribution in [-0.2, 0) is 11.3 Å². The van der Waals surface area contributed by atoms with E-state index in [1.54, 1.807) is 0 Å². The number of urea groups is 1. The van der Waals surface area contributed by atoms with Gasteiger partial charge in [-0.15, -0.1) is 0 Å². The summed E-state index contributed by atoms with van der Waals surface area (Å²) >= 11 is 0. The molecule has 0 saturated carbocycles. The molecule has 1 aliphatic rings. The van der Waals surface area contributed by atoms with E-state index < -0.39 is 5.54 Å². The number of hydrogen-bond acceptors (Lipinski definition) is 2. The Kier molecular flexibility index (Phi) is 5.42. The fraction of sp³-hybridized carbons (Fsp3) is 0.556. The van der Waals surface area contributed by atoms with Crippen molar-refractivity contribution in [3.63, 3.8) is 0 Å². The maximum Gasteiger partial charge on any atom is 0.329 e. The summed E-state index contributed by atoms with van der Waals surface area (Å²) in [6.07, 6.45) is 1.60. The first-order valence-corrected chi connectivity index (χ1v) is 8.31. The van der Waals surface area contributed by atoms with Crippen LogP contribution in [0.3, 0.4) is 0 Å². The van der Waals surface area contributed by atoms with Crippen LogP contribution < -0.4 is 10.2 Å². The number of hydrogen-bond donors (Lipinski definition) is 2. The number of imide groups is 1. The fourth-order valence-corrected chi connectivity index (χ4v) is 2.91. The molecule has 5 heteroatoms. The topological polar surface area (TPSA) is 53.9 Å². The van der Waals surface area contributed by atoms with E-state index in [4.69, 9.17) is 0 Å². The van der Waals surface area contributed by atoms with Gasteiger partial charge in [-0.2, -0.15) is 0 Å². The zero-order valence-corrected chi connectivity index (χ0v) is 14.6. The highest BCUT2D eigenvalue weighted by Crippen LogP contribution is 2.23. The molecule has 2 rings (SSSR count). The number of nitrogens with zero attached hydrogens (tertiary/aromatic N) is 1. The molecule has 1 fully saturated rings. The van der Waals surface area contributed by atoms with Crippen molar-refractivity contribution in [1.29, 1.82) is 0 Å². The standard InChI is InChI=1S/C18H27N3O2/c1-14(2)10-11-18(3)16(22)21(17(23)19-18)13-20(4)12-15-8-6-5-7-9-15/h5-9,14H,10-13H2,1-4H3,(H,19,23)/p+1/t18-/m1/s1. The highest BCUT2D eigenvalue weighted by atomic mass is 16.2. The summed E-state index contributed by atoms with van der Waals surface area (Å²) in [5, 5.41) is 2.88. The molecule has 1 heterocycles. The van der Waals surface area contributed by atoms with Gasteiger partial charge in [0.05, 0.1) is 7.05 Å². The summed E-state index contributed by atoms with van der Waals surface area (Å²) < 4.78 is 0. The van der Waals surface area contributed by atoms with Gasteiger partial charge in [-0.25, -0.2) is 9.69 Å². The number of rotatable bonds is 7. The van der Waals surface area contributed by atoms with Gasteiger partial charge in [0.15, 0.2) is 6.67 Å². The summed E-state index contributed by atoms with van der Waals surface area (Å²) in [5.41, 5.74) is 0.439. The van der Waals surface area contributed by atoms with E-state index in [1.165, 1.54) is 10.5 Å². The SMILES string of the molecule is CC(C)CC[C@@]1(C)NC(=O)N(C[NH+](C)Cc2ccccc2)C1=O. The molecule has 1 unspecified atom stereocenters. The van der Waals surface area contributed by atoms with Crippen LogP contribution in [0.1, 0.15) is 39.2 Å². The number of nitrogens with one attached hydrogen (secondary N) is 2. The first-order chi connectivity index (χ1) is 10.8. The van der Waals surface area contributed by atoms with Crippen LogP contribution in [0.25, 0.3) is 0 Å². The molecule has 2 atom stereocenters. The zero-order chi connectivity index (χ0) is 17.0. The van der Waals surface area contributed by atoms with E-state index in [0.717, 1.165) is 17.9 Å². The molecule has 5 nitrogen and oxygen atoms in total. The third kappa shape index (κ3) is 4.32. The number of amides is 3. The number of carbonyl (C=O) groups excluding carboxylic acids is 2. The largest absolute Gasteiger partial charge is 0.329 e. The zero-order valence-electron chi connectivity index (χ0n) is 14.6. The summed E-state index contributed by atoms with van der Waals surface area (Å²) in [6.45, 7) is 7.25. The van der Waals surface area contributed by atoms with Crippen LogP contribution in [0.4, 0.5) is 4.79 Å². The normalized spacial score (nSPS) is 22.6. The summed E-state index contributed by atoms with van der Waals surface area (Å²) in [4.78, 5) is 27.3. The summed E-state index contributed by atoms with van der Waals surface area (Å²) in [6, 6.07) is 9.83. The Morgan fingerprint density at radius 2 is 1.87 bits per heavy atom. The molecule has 0 aromatic heterocycles. The predicted molar refractivity (Wildman–Crippen MR) is 89.8 cm³/mol. The predicted octanol–water partition coefficient (Wildman–Crippen LogP) is 1.41. The average molecular weight is 318 g/mol. The second-order valence-electron chi connectivity index (χ2n) is 7.21. The molecular weight excluding hydrogens is 290 g/mol. The molecule has 1 saturated heterocycles. The van der Waals surface area contributed by atoms with Crippen LogP contribution in [0, 0.1) is 5.92 Å². The Hall–Kier alpha value is -1.88. The van der Waals surface area contributed by atoms with Crippen molar-refractivity contribution in [2.75, 3.05) is 13.7 Å². The van der Waals surface area contributed by atoms with Gasteiger partial charge in [-0.3, -0.25) is 4.79 Å². The Morgan fingerprint density at radius 3 is 2.48 bits per heavy atom. The van der Waals surface area contributed by atoms with Gasteiger partial charge in [0.25, 0.3) is 5.91 Å². The summed E-state index contributed by atoms with van der Waals surface area (Å²) in [7, 11) is 2.00. The Bertz CT molecular complexity index is 559.